The molecule has 0 bridgehead atoms. The van der Waals surface area contributed by atoms with E-state index in [2.05, 4.69) is 0 Å². The SMILES string of the molecule is CC(N)[C@@H]1C[C@H]1c1ccc(F)cc1. The molecule has 2 rings (SSSR count). The fraction of sp³-hybridized carbons (Fsp3) is 0.455. The normalized spacial score (nSPS) is 28.5. The first kappa shape index (κ1) is 8.70. The van der Waals surface area contributed by atoms with Crippen LogP contribution < -0.4 is 5.73 Å². The average molecular weight is 179 g/mol. The molecule has 1 aliphatic carbocycles. The zero-order chi connectivity index (χ0) is 9.42. The highest BCUT2D eigenvalue weighted by Gasteiger charge is 2.40. The van der Waals surface area contributed by atoms with E-state index >= 15 is 0 Å². The van der Waals surface area contributed by atoms with Gasteiger partial charge in [0, 0.05) is 6.04 Å². The molecule has 70 valence electrons. The third kappa shape index (κ3) is 1.73. The van der Waals surface area contributed by atoms with Gasteiger partial charge in [-0.05, 0) is 42.9 Å². The van der Waals surface area contributed by atoms with E-state index in [4.69, 9.17) is 5.73 Å². The molecule has 1 aromatic rings. The van der Waals surface area contributed by atoms with E-state index in [-0.39, 0.29) is 11.9 Å². The van der Waals surface area contributed by atoms with Crippen molar-refractivity contribution in [1.29, 1.82) is 0 Å². The first-order valence-electron chi connectivity index (χ1n) is 4.69. The highest BCUT2D eigenvalue weighted by molar-refractivity contribution is 5.26. The number of rotatable bonds is 2. The van der Waals surface area contributed by atoms with Crippen LogP contribution in [-0.2, 0) is 0 Å². The summed E-state index contributed by atoms with van der Waals surface area (Å²) in [4.78, 5) is 0. The lowest BCUT2D eigenvalue weighted by Gasteiger charge is -2.03. The smallest absolute Gasteiger partial charge is 0.123 e. The Bertz CT molecular complexity index is 291. The molecule has 1 nitrogen and oxygen atoms in total. The Hall–Kier alpha value is -0.890. The molecule has 1 unspecified atom stereocenters. The predicted molar refractivity (Wildman–Crippen MR) is 50.9 cm³/mol. The Morgan fingerprint density at radius 1 is 1.38 bits per heavy atom. The van der Waals surface area contributed by atoms with Gasteiger partial charge < -0.3 is 5.73 Å². The van der Waals surface area contributed by atoms with E-state index in [1.807, 2.05) is 19.1 Å². The number of halogens is 1. The first-order chi connectivity index (χ1) is 6.18. The summed E-state index contributed by atoms with van der Waals surface area (Å²) >= 11 is 0. The third-order valence-corrected chi connectivity index (χ3v) is 2.81. The fourth-order valence-corrected chi connectivity index (χ4v) is 1.89. The van der Waals surface area contributed by atoms with Crippen LogP contribution in [0, 0.1) is 11.7 Å². The molecule has 1 aromatic carbocycles. The van der Waals surface area contributed by atoms with Crippen LogP contribution in [-0.4, -0.2) is 6.04 Å². The van der Waals surface area contributed by atoms with E-state index in [1.165, 1.54) is 17.7 Å². The average Bonchev–Trinajstić information content (AvgIpc) is 2.85. The van der Waals surface area contributed by atoms with E-state index in [9.17, 15) is 4.39 Å². The van der Waals surface area contributed by atoms with Gasteiger partial charge in [0.25, 0.3) is 0 Å². The van der Waals surface area contributed by atoms with Gasteiger partial charge in [0.05, 0.1) is 0 Å². The molecule has 2 N–H and O–H groups in total. The molecule has 3 atom stereocenters. The second-order valence-corrected chi connectivity index (χ2v) is 3.92. The topological polar surface area (TPSA) is 26.0 Å². The molecule has 2 heteroatoms. The van der Waals surface area contributed by atoms with Gasteiger partial charge in [-0.3, -0.25) is 0 Å². The molecule has 0 saturated heterocycles. The van der Waals surface area contributed by atoms with E-state index < -0.39 is 0 Å². The van der Waals surface area contributed by atoms with Gasteiger partial charge in [0.1, 0.15) is 5.82 Å². The van der Waals surface area contributed by atoms with Gasteiger partial charge in [0.2, 0.25) is 0 Å². The zero-order valence-electron chi connectivity index (χ0n) is 7.70. The number of nitrogens with two attached hydrogens (primary N) is 1. The van der Waals surface area contributed by atoms with Crippen molar-refractivity contribution in [2.75, 3.05) is 0 Å². The van der Waals surface area contributed by atoms with Crippen LogP contribution in [0.25, 0.3) is 0 Å². The van der Waals surface area contributed by atoms with Gasteiger partial charge >= 0.3 is 0 Å². The van der Waals surface area contributed by atoms with Gasteiger partial charge in [-0.15, -0.1) is 0 Å². The third-order valence-electron chi connectivity index (χ3n) is 2.81. The quantitative estimate of drug-likeness (QED) is 0.740. The van der Waals surface area contributed by atoms with Crippen LogP contribution in [0.2, 0.25) is 0 Å². The van der Waals surface area contributed by atoms with Crippen LogP contribution in [0.3, 0.4) is 0 Å². The molecule has 1 fully saturated rings. The molecule has 0 amide bonds. The van der Waals surface area contributed by atoms with Crippen LogP contribution in [0.1, 0.15) is 24.8 Å². The molecule has 0 radical (unpaired) electrons. The molecular formula is C11H14FN. The minimum Gasteiger partial charge on any atom is -0.328 e. The molecule has 1 aliphatic rings. The minimum absolute atomic E-state index is 0.165. The van der Waals surface area contributed by atoms with Crippen molar-refractivity contribution in [3.8, 4) is 0 Å². The summed E-state index contributed by atoms with van der Waals surface area (Å²) in [5, 5.41) is 0. The fourth-order valence-electron chi connectivity index (χ4n) is 1.89. The van der Waals surface area contributed by atoms with Gasteiger partial charge in [-0.25, -0.2) is 4.39 Å². The Kier molecular flexibility index (Phi) is 2.08. The van der Waals surface area contributed by atoms with Crippen molar-refractivity contribution in [2.24, 2.45) is 11.7 Å². The Balaban J connectivity index is 2.08. The highest BCUT2D eigenvalue weighted by atomic mass is 19.1. The molecule has 0 aromatic heterocycles. The second kappa shape index (κ2) is 3.11. The van der Waals surface area contributed by atoms with Crippen molar-refractivity contribution in [3.63, 3.8) is 0 Å². The molecule has 13 heavy (non-hydrogen) atoms. The van der Waals surface area contributed by atoms with Crippen LogP contribution in [0.4, 0.5) is 4.39 Å². The highest BCUT2D eigenvalue weighted by Crippen LogP contribution is 2.48. The van der Waals surface area contributed by atoms with Gasteiger partial charge in [-0.2, -0.15) is 0 Å². The van der Waals surface area contributed by atoms with Crippen molar-refractivity contribution in [2.45, 2.75) is 25.3 Å². The van der Waals surface area contributed by atoms with E-state index in [0.29, 0.717) is 11.8 Å². The summed E-state index contributed by atoms with van der Waals surface area (Å²) in [6.07, 6.45) is 1.16. The zero-order valence-corrected chi connectivity index (χ0v) is 7.70. The van der Waals surface area contributed by atoms with Crippen molar-refractivity contribution in [3.05, 3.63) is 35.6 Å². The Labute approximate surface area is 77.8 Å². The largest absolute Gasteiger partial charge is 0.328 e. The van der Waals surface area contributed by atoms with Crippen molar-refractivity contribution < 1.29 is 4.39 Å². The van der Waals surface area contributed by atoms with Crippen LogP contribution >= 0.6 is 0 Å². The molecule has 0 heterocycles. The molecular weight excluding hydrogens is 165 g/mol. The number of hydrogen-bond donors (Lipinski definition) is 1. The number of hydrogen-bond acceptors (Lipinski definition) is 1. The standard InChI is InChI=1S/C11H14FN/c1-7(13)10-6-11(10)8-2-4-9(12)5-3-8/h2-5,7,10-11H,6,13H2,1H3/t7?,10-,11-/m0/s1. The van der Waals surface area contributed by atoms with Crippen LogP contribution in [0.5, 0.6) is 0 Å². The molecule has 1 saturated carbocycles. The maximum Gasteiger partial charge on any atom is 0.123 e. The second-order valence-electron chi connectivity index (χ2n) is 3.92. The predicted octanol–water partition coefficient (Wildman–Crippen LogP) is 2.28. The summed E-state index contributed by atoms with van der Waals surface area (Å²) < 4.78 is 12.6. The van der Waals surface area contributed by atoms with Crippen molar-refractivity contribution in [1.82, 2.24) is 0 Å². The summed E-state index contributed by atoms with van der Waals surface area (Å²) in [5.74, 6) is 1.01. The summed E-state index contributed by atoms with van der Waals surface area (Å²) in [6, 6.07) is 7.03. The Morgan fingerprint density at radius 3 is 2.46 bits per heavy atom. The maximum atomic E-state index is 12.6. The monoisotopic (exact) mass is 179 g/mol. The lowest BCUT2D eigenvalue weighted by Crippen LogP contribution is -2.17. The first-order valence-corrected chi connectivity index (χ1v) is 4.69. The summed E-state index contributed by atoms with van der Waals surface area (Å²) in [6.45, 7) is 2.04. The van der Waals surface area contributed by atoms with Crippen molar-refractivity contribution >= 4 is 0 Å². The van der Waals surface area contributed by atoms with Gasteiger partial charge in [0.15, 0.2) is 0 Å². The lowest BCUT2D eigenvalue weighted by molar-refractivity contribution is 0.622. The maximum absolute atomic E-state index is 12.6. The Morgan fingerprint density at radius 2 is 2.00 bits per heavy atom. The summed E-state index contributed by atoms with van der Waals surface area (Å²) in [5.41, 5.74) is 7.01. The van der Waals surface area contributed by atoms with E-state index in [1.54, 1.807) is 0 Å². The number of benzene rings is 1. The summed E-state index contributed by atoms with van der Waals surface area (Å²) in [7, 11) is 0. The molecule has 0 aliphatic heterocycles. The minimum atomic E-state index is -0.165. The van der Waals surface area contributed by atoms with Crippen LogP contribution in [0.15, 0.2) is 24.3 Å². The molecule has 0 spiro atoms. The van der Waals surface area contributed by atoms with E-state index in [0.717, 1.165) is 6.42 Å². The van der Waals surface area contributed by atoms with Gasteiger partial charge in [-0.1, -0.05) is 12.1 Å². The lowest BCUT2D eigenvalue weighted by atomic mass is 10.1.